The van der Waals surface area contributed by atoms with Gasteiger partial charge in [-0.1, -0.05) is 202 Å². The van der Waals surface area contributed by atoms with Crippen LogP contribution in [-0.2, 0) is 27.9 Å². The lowest BCUT2D eigenvalue weighted by molar-refractivity contribution is -0.870. The Morgan fingerprint density at radius 1 is 0.492 bits per heavy atom. The van der Waals surface area contributed by atoms with Crippen LogP contribution >= 0.6 is 7.82 Å². The number of carbonyl (C=O) groups excluding carboxylic acids is 1. The normalized spacial score (nSPS) is 14.2. The zero-order valence-corrected chi connectivity index (χ0v) is 43.6. The second kappa shape index (κ2) is 48.1. The van der Waals surface area contributed by atoms with Crippen LogP contribution in [-0.4, -0.2) is 75.6 Å². The van der Waals surface area contributed by atoms with Gasteiger partial charge in [0.05, 0.1) is 34.4 Å². The number of phosphoric ester groups is 1. The Labute approximate surface area is 401 Å². The third-order valence-corrected chi connectivity index (χ3v) is 11.9. The average molecular weight is 931 g/mol. The number of allylic oxidation sites excluding steroid dienone is 14. The number of hydrogen-bond acceptors (Lipinski definition) is 6. The van der Waals surface area contributed by atoms with Crippen molar-refractivity contribution in [3.8, 4) is 0 Å². The Kier molecular flexibility index (Phi) is 46.4. The first kappa shape index (κ1) is 62.7. The van der Waals surface area contributed by atoms with E-state index in [9.17, 15) is 14.3 Å². The van der Waals surface area contributed by atoms with E-state index >= 15 is 0 Å². The fraction of sp³-hybridized carbons (Fsp3) is 0.732. The molecule has 0 saturated carbocycles. The van der Waals surface area contributed by atoms with Gasteiger partial charge in [0.25, 0.3) is 0 Å². The van der Waals surface area contributed by atoms with Crippen LogP contribution < -0.4 is 0 Å². The molecular formula is C56H101NO7P+. The highest BCUT2D eigenvalue weighted by Crippen LogP contribution is 2.43. The molecule has 2 unspecified atom stereocenters. The molecule has 0 aliphatic heterocycles. The topological polar surface area (TPSA) is 91.3 Å². The highest BCUT2D eigenvalue weighted by molar-refractivity contribution is 7.47. The minimum absolute atomic E-state index is 0.0743. The van der Waals surface area contributed by atoms with Crippen molar-refractivity contribution >= 4 is 13.8 Å². The zero-order valence-electron chi connectivity index (χ0n) is 42.7. The highest BCUT2D eigenvalue weighted by Gasteiger charge is 2.26. The molecular weight excluding hydrogens is 830 g/mol. The maximum atomic E-state index is 12.7. The first-order chi connectivity index (χ1) is 31.6. The van der Waals surface area contributed by atoms with Gasteiger partial charge >= 0.3 is 13.8 Å². The molecule has 376 valence electrons. The molecule has 0 rings (SSSR count). The largest absolute Gasteiger partial charge is 0.472 e. The predicted molar refractivity (Wildman–Crippen MR) is 279 cm³/mol. The van der Waals surface area contributed by atoms with Crippen LogP contribution in [0.1, 0.15) is 206 Å². The number of quaternary nitrogens is 1. The van der Waals surface area contributed by atoms with Gasteiger partial charge in [-0.15, -0.1) is 0 Å². The highest BCUT2D eigenvalue weighted by atomic mass is 31.2. The van der Waals surface area contributed by atoms with E-state index in [1.54, 1.807) is 0 Å². The molecule has 1 N–H and O–H groups in total. The van der Waals surface area contributed by atoms with Crippen molar-refractivity contribution in [3.05, 3.63) is 85.1 Å². The fourth-order valence-electron chi connectivity index (χ4n) is 6.91. The molecule has 0 aromatic heterocycles. The second-order valence-electron chi connectivity index (χ2n) is 18.5. The van der Waals surface area contributed by atoms with Crippen molar-refractivity contribution in [2.24, 2.45) is 0 Å². The lowest BCUT2D eigenvalue weighted by Crippen LogP contribution is -2.37. The predicted octanol–water partition coefficient (Wildman–Crippen LogP) is 16.4. The van der Waals surface area contributed by atoms with Crippen molar-refractivity contribution in [2.75, 3.05) is 54.1 Å². The fourth-order valence-corrected chi connectivity index (χ4v) is 7.65. The third kappa shape index (κ3) is 52.5. The summed E-state index contributed by atoms with van der Waals surface area (Å²) >= 11 is 0. The van der Waals surface area contributed by atoms with Crippen molar-refractivity contribution in [2.45, 2.75) is 213 Å². The maximum absolute atomic E-state index is 12.7. The molecule has 0 radical (unpaired) electrons. The van der Waals surface area contributed by atoms with Crippen LogP contribution in [0.15, 0.2) is 85.1 Å². The maximum Gasteiger partial charge on any atom is 0.472 e. The molecule has 0 bridgehead atoms. The Hall–Kier alpha value is -2.32. The lowest BCUT2D eigenvalue weighted by atomic mass is 10.0. The summed E-state index contributed by atoms with van der Waals surface area (Å²) in [5, 5.41) is 0. The summed E-state index contributed by atoms with van der Waals surface area (Å²) in [5.74, 6) is -0.371. The minimum Gasteiger partial charge on any atom is -0.457 e. The summed E-state index contributed by atoms with van der Waals surface area (Å²) < 4.78 is 35.1. The van der Waals surface area contributed by atoms with Gasteiger partial charge in [0.15, 0.2) is 0 Å². The molecule has 0 aromatic carbocycles. The molecule has 0 aliphatic rings. The van der Waals surface area contributed by atoms with E-state index in [0.717, 1.165) is 57.8 Å². The monoisotopic (exact) mass is 931 g/mol. The van der Waals surface area contributed by atoms with Gasteiger partial charge in [-0.25, -0.2) is 4.57 Å². The first-order valence-corrected chi connectivity index (χ1v) is 27.8. The van der Waals surface area contributed by atoms with E-state index in [1.165, 1.54) is 122 Å². The molecule has 0 aromatic rings. The van der Waals surface area contributed by atoms with Gasteiger partial charge in [0, 0.05) is 13.0 Å². The lowest BCUT2D eigenvalue weighted by Gasteiger charge is -2.24. The number of hydrogen-bond donors (Lipinski definition) is 1. The number of phosphoric acid groups is 1. The van der Waals surface area contributed by atoms with E-state index in [4.69, 9.17) is 18.5 Å². The second-order valence-corrected chi connectivity index (χ2v) is 20.0. The summed E-state index contributed by atoms with van der Waals surface area (Å²) in [6.45, 7) is 5.42. The number of nitrogens with zero attached hydrogens (tertiary/aromatic N) is 1. The van der Waals surface area contributed by atoms with E-state index in [-0.39, 0.29) is 32.2 Å². The third-order valence-electron chi connectivity index (χ3n) is 10.9. The molecule has 0 heterocycles. The zero-order chi connectivity index (χ0) is 47.6. The smallest absolute Gasteiger partial charge is 0.457 e. The van der Waals surface area contributed by atoms with Crippen LogP contribution in [0.3, 0.4) is 0 Å². The number of likely N-dealkylation sites (N-methyl/N-ethyl adjacent to an activating group) is 1. The van der Waals surface area contributed by atoms with Gasteiger partial charge in [-0.2, -0.15) is 0 Å². The van der Waals surface area contributed by atoms with Gasteiger partial charge in [0.1, 0.15) is 19.3 Å². The van der Waals surface area contributed by atoms with Crippen LogP contribution in [0.4, 0.5) is 0 Å². The van der Waals surface area contributed by atoms with Crippen LogP contribution in [0.5, 0.6) is 0 Å². The number of carbonyl (C=O) groups is 1. The summed E-state index contributed by atoms with van der Waals surface area (Å²) in [4.78, 5) is 23.0. The Balaban J connectivity index is 4.15. The summed E-state index contributed by atoms with van der Waals surface area (Å²) in [6, 6.07) is 0. The van der Waals surface area contributed by atoms with Crippen molar-refractivity contribution in [3.63, 3.8) is 0 Å². The van der Waals surface area contributed by atoms with Crippen molar-refractivity contribution < 1.29 is 37.3 Å². The van der Waals surface area contributed by atoms with E-state index in [1.807, 2.05) is 21.1 Å². The van der Waals surface area contributed by atoms with E-state index < -0.39 is 13.9 Å². The quantitative estimate of drug-likeness (QED) is 0.0214. The average Bonchev–Trinajstić information content (AvgIpc) is 3.27. The Bertz CT molecular complexity index is 1310. The van der Waals surface area contributed by atoms with Gasteiger partial charge in [-0.05, 0) is 83.5 Å². The van der Waals surface area contributed by atoms with Gasteiger partial charge < -0.3 is 18.9 Å². The molecule has 2 atom stereocenters. The molecule has 65 heavy (non-hydrogen) atoms. The van der Waals surface area contributed by atoms with Gasteiger partial charge in [0.2, 0.25) is 0 Å². The molecule has 8 nitrogen and oxygen atoms in total. The van der Waals surface area contributed by atoms with E-state index in [2.05, 4.69) is 98.9 Å². The molecule has 0 amide bonds. The van der Waals surface area contributed by atoms with Gasteiger partial charge in [-0.3, -0.25) is 13.8 Å². The molecule has 0 saturated heterocycles. The van der Waals surface area contributed by atoms with E-state index in [0.29, 0.717) is 24.1 Å². The first-order valence-electron chi connectivity index (χ1n) is 26.3. The SMILES string of the molecule is CC/C=C\C/C=C\C/C=C\C/C=C\C/C=C\CCCC(=O)OC(COCCCCCCCCCCCCCCCC/C=C\C/C=C\CCCCCCC)COP(=O)(O)OCC[N+](C)(C)C. The molecule has 0 spiro atoms. The molecule has 9 heteroatoms. The number of ether oxygens (including phenoxy) is 2. The number of unbranched alkanes of at least 4 members (excludes halogenated alkanes) is 20. The summed E-state index contributed by atoms with van der Waals surface area (Å²) in [6.07, 6.45) is 65.1. The summed E-state index contributed by atoms with van der Waals surface area (Å²) in [5.41, 5.74) is 0. The van der Waals surface area contributed by atoms with Crippen LogP contribution in [0.2, 0.25) is 0 Å². The van der Waals surface area contributed by atoms with Crippen molar-refractivity contribution in [1.82, 2.24) is 0 Å². The Morgan fingerprint density at radius 2 is 0.892 bits per heavy atom. The minimum atomic E-state index is -4.30. The van der Waals surface area contributed by atoms with Crippen LogP contribution in [0, 0.1) is 0 Å². The van der Waals surface area contributed by atoms with Crippen LogP contribution in [0.25, 0.3) is 0 Å². The number of rotatable bonds is 48. The Morgan fingerprint density at radius 3 is 1.34 bits per heavy atom. The molecule has 0 aliphatic carbocycles. The standard InChI is InChI=1S/C56H100NO7P/c1-6-8-10-12-14-16-18-20-22-24-25-26-27-28-29-30-31-32-34-36-38-40-42-44-46-48-51-61-53-55(54-63-65(59,60)62-52-50-57(3,4)5)64-56(58)49-47-45-43-41-39-37-35-33-23-21-19-17-15-13-11-9-7-2/h9,11,15,17-18,20-21,23-25,35,37,41,43,55H,6-8,10,12-14,16,19,22,26-34,36,38-40,42,44-54H2,1-5H3/p+1/b11-9-,17-15-,20-18-,23-21-,25-24-,37-35-,43-41-. The number of esters is 1. The summed E-state index contributed by atoms with van der Waals surface area (Å²) in [7, 11) is 1.62. The van der Waals surface area contributed by atoms with Crippen molar-refractivity contribution in [1.29, 1.82) is 0 Å². The molecule has 0 fully saturated rings.